The molecule has 6 heteroatoms. The molecular formula is C20H26N2O4. The van der Waals surface area contributed by atoms with Crippen molar-refractivity contribution in [2.75, 3.05) is 11.9 Å². The predicted molar refractivity (Wildman–Crippen MR) is 97.6 cm³/mol. The van der Waals surface area contributed by atoms with E-state index in [1.807, 2.05) is 26.0 Å². The van der Waals surface area contributed by atoms with Gasteiger partial charge in [0.1, 0.15) is 0 Å². The van der Waals surface area contributed by atoms with E-state index in [1.165, 1.54) is 19.3 Å². The van der Waals surface area contributed by atoms with Crippen LogP contribution in [0.5, 0.6) is 0 Å². The lowest BCUT2D eigenvalue weighted by molar-refractivity contribution is -0.149. The van der Waals surface area contributed by atoms with Crippen LogP contribution in [0.4, 0.5) is 10.5 Å². The molecule has 26 heavy (non-hydrogen) atoms. The van der Waals surface area contributed by atoms with Crippen LogP contribution in [0, 0.1) is 31.6 Å². The third-order valence-corrected chi connectivity index (χ3v) is 5.56. The summed E-state index contributed by atoms with van der Waals surface area (Å²) in [6.45, 7) is 3.41. The zero-order valence-electron chi connectivity index (χ0n) is 15.3. The number of hydrogen-bond acceptors (Lipinski definition) is 4. The maximum atomic E-state index is 11.9. The van der Waals surface area contributed by atoms with Crippen LogP contribution in [0.1, 0.15) is 43.2 Å². The van der Waals surface area contributed by atoms with E-state index in [0.29, 0.717) is 23.9 Å². The number of urea groups is 1. The summed E-state index contributed by atoms with van der Waals surface area (Å²) in [7, 11) is 0. The number of amides is 3. The van der Waals surface area contributed by atoms with Gasteiger partial charge in [0, 0.05) is 12.1 Å². The van der Waals surface area contributed by atoms with Crippen molar-refractivity contribution in [1.29, 1.82) is 0 Å². The summed E-state index contributed by atoms with van der Waals surface area (Å²) in [4.78, 5) is 35.6. The third-order valence-electron chi connectivity index (χ3n) is 5.56. The Morgan fingerprint density at radius 3 is 2.62 bits per heavy atom. The number of aryl methyl sites for hydroxylation is 2. The van der Waals surface area contributed by atoms with Crippen LogP contribution in [0.2, 0.25) is 0 Å². The van der Waals surface area contributed by atoms with Gasteiger partial charge >= 0.3 is 12.0 Å². The Morgan fingerprint density at radius 2 is 1.96 bits per heavy atom. The molecule has 3 rings (SSSR count). The van der Waals surface area contributed by atoms with Crippen LogP contribution in [-0.2, 0) is 14.3 Å². The standard InChI is InChI=1S/C20H26N2O4/c1-12-3-6-17(13(2)7-12)21-20(25)22-18(23)11-26-19(24)10-16-9-14-4-5-15(16)8-14/h3,6-7,14-16H,4-5,8-11H2,1-2H3,(H2,21,22,23,25)/t14-,15-,16+/m1/s1. The molecule has 0 unspecified atom stereocenters. The molecule has 0 aromatic heterocycles. The largest absolute Gasteiger partial charge is 0.456 e. The first-order valence-electron chi connectivity index (χ1n) is 9.24. The first-order chi connectivity index (χ1) is 12.4. The van der Waals surface area contributed by atoms with Gasteiger partial charge in [-0.2, -0.15) is 0 Å². The van der Waals surface area contributed by atoms with Gasteiger partial charge in [0.2, 0.25) is 0 Å². The summed E-state index contributed by atoms with van der Waals surface area (Å²) in [6.07, 6.45) is 5.21. The number of esters is 1. The van der Waals surface area contributed by atoms with Crippen LogP contribution < -0.4 is 10.6 Å². The van der Waals surface area contributed by atoms with E-state index >= 15 is 0 Å². The van der Waals surface area contributed by atoms with Crippen LogP contribution in [0.3, 0.4) is 0 Å². The molecule has 0 aliphatic heterocycles. The van der Waals surface area contributed by atoms with Gasteiger partial charge in [-0.05, 0) is 62.5 Å². The molecule has 3 atom stereocenters. The van der Waals surface area contributed by atoms with Gasteiger partial charge in [-0.1, -0.05) is 24.1 Å². The molecule has 3 amide bonds. The number of nitrogens with one attached hydrogen (secondary N) is 2. The average Bonchev–Trinajstić information content (AvgIpc) is 3.18. The highest BCUT2D eigenvalue weighted by molar-refractivity contribution is 6.02. The topological polar surface area (TPSA) is 84.5 Å². The number of ether oxygens (including phenoxy) is 1. The van der Waals surface area contributed by atoms with E-state index in [2.05, 4.69) is 10.6 Å². The molecule has 1 aromatic rings. The molecule has 2 aliphatic carbocycles. The van der Waals surface area contributed by atoms with Gasteiger partial charge in [-0.3, -0.25) is 14.9 Å². The fourth-order valence-corrected chi connectivity index (χ4v) is 4.32. The Morgan fingerprint density at radius 1 is 1.15 bits per heavy atom. The Balaban J connectivity index is 1.38. The number of carbonyl (C=O) groups is 3. The van der Waals surface area contributed by atoms with Crippen molar-refractivity contribution in [1.82, 2.24) is 5.32 Å². The lowest BCUT2D eigenvalue weighted by Crippen LogP contribution is -2.37. The van der Waals surface area contributed by atoms with E-state index in [0.717, 1.165) is 23.5 Å². The number of imide groups is 1. The van der Waals surface area contributed by atoms with Crippen LogP contribution >= 0.6 is 0 Å². The summed E-state index contributed by atoms with van der Waals surface area (Å²) in [5.74, 6) is 0.832. The third kappa shape index (κ3) is 4.62. The Labute approximate surface area is 153 Å². The zero-order chi connectivity index (χ0) is 18.7. The van der Waals surface area contributed by atoms with Gasteiger partial charge in [-0.15, -0.1) is 0 Å². The summed E-state index contributed by atoms with van der Waals surface area (Å²) in [6, 6.07) is 4.96. The number of hydrogen-bond donors (Lipinski definition) is 2. The highest BCUT2D eigenvalue weighted by atomic mass is 16.5. The van der Waals surface area contributed by atoms with E-state index in [9.17, 15) is 14.4 Å². The number of benzene rings is 1. The van der Waals surface area contributed by atoms with Crippen LogP contribution in [0.15, 0.2) is 18.2 Å². The summed E-state index contributed by atoms with van der Waals surface area (Å²) >= 11 is 0. The van der Waals surface area contributed by atoms with Crippen molar-refractivity contribution in [3.8, 4) is 0 Å². The number of rotatable bonds is 5. The smallest absolute Gasteiger partial charge is 0.325 e. The van der Waals surface area contributed by atoms with Crippen molar-refractivity contribution in [3.05, 3.63) is 29.3 Å². The lowest BCUT2D eigenvalue weighted by atomic mass is 9.86. The minimum atomic E-state index is -0.633. The highest BCUT2D eigenvalue weighted by Gasteiger charge is 2.40. The normalized spacial score (nSPS) is 23.5. The second kappa shape index (κ2) is 7.89. The van der Waals surface area contributed by atoms with E-state index in [1.54, 1.807) is 6.07 Å². The van der Waals surface area contributed by atoms with Crippen molar-refractivity contribution in [2.24, 2.45) is 17.8 Å². The number of carbonyl (C=O) groups excluding carboxylic acids is 3. The van der Waals surface area contributed by atoms with Gasteiger partial charge in [-0.25, -0.2) is 4.79 Å². The molecule has 2 saturated carbocycles. The molecule has 6 nitrogen and oxygen atoms in total. The lowest BCUT2D eigenvalue weighted by Gasteiger charge is -2.20. The average molecular weight is 358 g/mol. The molecule has 0 saturated heterocycles. The maximum Gasteiger partial charge on any atom is 0.325 e. The SMILES string of the molecule is Cc1ccc(NC(=O)NC(=O)COC(=O)C[C@@H]2C[C@@H]3CC[C@@H]2C3)c(C)c1. The van der Waals surface area contributed by atoms with Gasteiger partial charge < -0.3 is 10.1 Å². The highest BCUT2D eigenvalue weighted by Crippen LogP contribution is 2.49. The minimum Gasteiger partial charge on any atom is -0.456 e. The molecule has 2 fully saturated rings. The molecule has 2 aliphatic rings. The number of fused-ring (bicyclic) bond motifs is 2. The summed E-state index contributed by atoms with van der Waals surface area (Å²) in [5, 5.41) is 4.80. The monoisotopic (exact) mass is 358 g/mol. The first kappa shape index (κ1) is 18.4. The molecule has 140 valence electrons. The Bertz CT molecular complexity index is 716. The van der Waals surface area contributed by atoms with E-state index in [4.69, 9.17) is 4.74 Å². The Hall–Kier alpha value is -2.37. The zero-order valence-corrected chi connectivity index (χ0v) is 15.3. The Kier molecular flexibility index (Phi) is 5.59. The fourth-order valence-electron chi connectivity index (χ4n) is 4.32. The second-order valence-corrected chi connectivity index (χ2v) is 7.62. The first-order valence-corrected chi connectivity index (χ1v) is 9.24. The molecule has 1 aromatic carbocycles. The quantitative estimate of drug-likeness (QED) is 0.791. The van der Waals surface area contributed by atoms with E-state index < -0.39 is 18.5 Å². The van der Waals surface area contributed by atoms with Gasteiger partial charge in [0.15, 0.2) is 6.61 Å². The van der Waals surface area contributed by atoms with Gasteiger partial charge in [0.25, 0.3) is 5.91 Å². The fraction of sp³-hybridized carbons (Fsp3) is 0.550. The van der Waals surface area contributed by atoms with Gasteiger partial charge in [0.05, 0.1) is 0 Å². The molecule has 0 spiro atoms. The van der Waals surface area contributed by atoms with Crippen molar-refractivity contribution in [3.63, 3.8) is 0 Å². The van der Waals surface area contributed by atoms with E-state index in [-0.39, 0.29) is 5.97 Å². The van der Waals surface area contributed by atoms with Crippen molar-refractivity contribution >= 4 is 23.6 Å². The molecule has 0 radical (unpaired) electrons. The molecular weight excluding hydrogens is 332 g/mol. The minimum absolute atomic E-state index is 0.354. The summed E-state index contributed by atoms with van der Waals surface area (Å²) in [5.41, 5.74) is 2.63. The number of anilines is 1. The predicted octanol–water partition coefficient (Wildman–Crippen LogP) is 3.32. The molecule has 0 heterocycles. The second-order valence-electron chi connectivity index (χ2n) is 7.62. The summed E-state index contributed by atoms with van der Waals surface area (Å²) < 4.78 is 5.03. The van der Waals surface area contributed by atoms with Crippen LogP contribution in [-0.4, -0.2) is 24.5 Å². The molecule has 2 N–H and O–H groups in total. The maximum absolute atomic E-state index is 11.9. The molecule has 2 bridgehead atoms. The van der Waals surface area contributed by atoms with Crippen LogP contribution in [0.25, 0.3) is 0 Å². The van der Waals surface area contributed by atoms with Crippen molar-refractivity contribution in [2.45, 2.75) is 46.0 Å². The van der Waals surface area contributed by atoms with Crippen molar-refractivity contribution < 1.29 is 19.1 Å².